The zero-order valence-corrected chi connectivity index (χ0v) is 13.8. The molecule has 0 aliphatic rings. The van der Waals surface area contributed by atoms with E-state index in [0.717, 1.165) is 18.4 Å². The maximum Gasteiger partial charge on any atom is 0.330 e. The molecule has 0 aliphatic heterocycles. The van der Waals surface area contributed by atoms with Gasteiger partial charge in [-0.1, -0.05) is 56.9 Å². The Morgan fingerprint density at radius 2 is 2.05 bits per heavy atom. The van der Waals surface area contributed by atoms with Gasteiger partial charge in [-0.15, -0.1) is 0 Å². The van der Waals surface area contributed by atoms with Crippen LogP contribution in [0.4, 0.5) is 0 Å². The smallest absolute Gasteiger partial charge is 0.330 e. The predicted octanol–water partition coefficient (Wildman–Crippen LogP) is 5.08. The summed E-state index contributed by atoms with van der Waals surface area (Å²) in [6.07, 6.45) is 7.97. The van der Waals surface area contributed by atoms with Crippen LogP contribution in [0.25, 0.3) is 6.08 Å². The van der Waals surface area contributed by atoms with Crippen molar-refractivity contribution in [1.82, 2.24) is 0 Å². The first kappa shape index (κ1) is 17.5. The van der Waals surface area contributed by atoms with Crippen LogP contribution in [0.15, 0.2) is 24.3 Å². The lowest BCUT2D eigenvalue weighted by Gasteiger charge is -2.13. The van der Waals surface area contributed by atoms with E-state index in [0.29, 0.717) is 12.5 Å². The fourth-order valence-corrected chi connectivity index (χ4v) is 2.32. The van der Waals surface area contributed by atoms with Gasteiger partial charge in [0.1, 0.15) is 0 Å². The van der Waals surface area contributed by atoms with Gasteiger partial charge in [0, 0.05) is 6.08 Å². The van der Waals surface area contributed by atoms with Crippen molar-refractivity contribution in [1.29, 1.82) is 0 Å². The highest BCUT2D eigenvalue weighted by atomic mass is 16.5. The van der Waals surface area contributed by atoms with Gasteiger partial charge in [0.15, 0.2) is 0 Å². The van der Waals surface area contributed by atoms with E-state index in [1.807, 2.05) is 12.1 Å². The maximum atomic E-state index is 11.8. The van der Waals surface area contributed by atoms with Crippen LogP contribution in [-0.2, 0) is 9.53 Å². The molecule has 0 saturated carbocycles. The van der Waals surface area contributed by atoms with Crippen LogP contribution in [-0.4, -0.2) is 12.6 Å². The van der Waals surface area contributed by atoms with Crippen molar-refractivity contribution in [3.63, 3.8) is 0 Å². The number of aryl methyl sites for hydroxylation is 2. The number of rotatable bonds is 8. The number of hydrogen-bond acceptors (Lipinski definition) is 2. The van der Waals surface area contributed by atoms with Gasteiger partial charge >= 0.3 is 5.97 Å². The molecule has 0 aliphatic carbocycles. The Labute approximate surface area is 129 Å². The SMILES string of the molecule is CCCCC(CC)COC(=O)C=Cc1ccc(C)cc1C. The van der Waals surface area contributed by atoms with E-state index in [2.05, 4.69) is 39.8 Å². The molecule has 0 N–H and O–H groups in total. The molecular weight excluding hydrogens is 260 g/mol. The number of benzene rings is 1. The molecule has 21 heavy (non-hydrogen) atoms. The maximum absolute atomic E-state index is 11.8. The van der Waals surface area contributed by atoms with Crippen molar-refractivity contribution in [2.24, 2.45) is 5.92 Å². The molecule has 0 heterocycles. The van der Waals surface area contributed by atoms with Crippen molar-refractivity contribution in [3.05, 3.63) is 41.0 Å². The zero-order chi connectivity index (χ0) is 15.7. The minimum absolute atomic E-state index is 0.245. The topological polar surface area (TPSA) is 26.3 Å². The lowest BCUT2D eigenvalue weighted by atomic mass is 10.0. The number of ether oxygens (including phenoxy) is 1. The van der Waals surface area contributed by atoms with E-state index in [4.69, 9.17) is 4.74 Å². The molecule has 1 aromatic carbocycles. The Balaban J connectivity index is 2.47. The molecule has 0 fully saturated rings. The first-order valence-corrected chi connectivity index (χ1v) is 7.98. The fourth-order valence-electron chi connectivity index (χ4n) is 2.32. The highest BCUT2D eigenvalue weighted by Crippen LogP contribution is 2.14. The van der Waals surface area contributed by atoms with E-state index in [1.54, 1.807) is 0 Å². The van der Waals surface area contributed by atoms with Crippen LogP contribution < -0.4 is 0 Å². The molecule has 2 nitrogen and oxygen atoms in total. The van der Waals surface area contributed by atoms with Crippen LogP contribution in [0.1, 0.15) is 56.2 Å². The average molecular weight is 288 g/mol. The second-order valence-electron chi connectivity index (χ2n) is 5.74. The Morgan fingerprint density at radius 1 is 1.29 bits per heavy atom. The molecule has 1 unspecified atom stereocenters. The molecule has 1 aromatic rings. The summed E-state index contributed by atoms with van der Waals surface area (Å²) in [6.45, 7) is 8.99. The van der Waals surface area contributed by atoms with Crippen LogP contribution in [0.3, 0.4) is 0 Å². The summed E-state index contributed by atoms with van der Waals surface area (Å²) in [6, 6.07) is 6.20. The highest BCUT2D eigenvalue weighted by Gasteiger charge is 2.08. The second-order valence-corrected chi connectivity index (χ2v) is 5.74. The Morgan fingerprint density at radius 3 is 2.67 bits per heavy atom. The summed E-state index contributed by atoms with van der Waals surface area (Å²) in [7, 11) is 0. The molecule has 116 valence electrons. The molecular formula is C19H28O2. The molecule has 0 saturated heterocycles. The first-order valence-electron chi connectivity index (χ1n) is 7.98. The van der Waals surface area contributed by atoms with E-state index in [-0.39, 0.29) is 5.97 Å². The molecule has 0 radical (unpaired) electrons. The average Bonchev–Trinajstić information content (AvgIpc) is 2.46. The largest absolute Gasteiger partial charge is 0.462 e. The molecule has 1 rings (SSSR count). The first-order chi connectivity index (χ1) is 10.1. The lowest BCUT2D eigenvalue weighted by molar-refractivity contribution is -0.139. The molecule has 0 aromatic heterocycles. The number of carbonyl (C=O) groups excluding carboxylic acids is 1. The minimum atomic E-state index is -0.245. The molecule has 2 heteroatoms. The Hall–Kier alpha value is -1.57. The molecule has 0 bridgehead atoms. The fraction of sp³-hybridized carbons (Fsp3) is 0.526. The summed E-state index contributed by atoms with van der Waals surface area (Å²) in [5.41, 5.74) is 3.47. The van der Waals surface area contributed by atoms with Gasteiger partial charge < -0.3 is 4.74 Å². The Bertz CT molecular complexity index is 474. The van der Waals surface area contributed by atoms with E-state index >= 15 is 0 Å². The van der Waals surface area contributed by atoms with Gasteiger partial charge in [0.2, 0.25) is 0 Å². The van der Waals surface area contributed by atoms with Crippen LogP contribution >= 0.6 is 0 Å². The van der Waals surface area contributed by atoms with Gasteiger partial charge in [-0.05, 0) is 43.4 Å². The van der Waals surface area contributed by atoms with Gasteiger partial charge in [-0.2, -0.15) is 0 Å². The highest BCUT2D eigenvalue weighted by molar-refractivity contribution is 5.87. The zero-order valence-electron chi connectivity index (χ0n) is 13.8. The van der Waals surface area contributed by atoms with Crippen LogP contribution in [0.5, 0.6) is 0 Å². The van der Waals surface area contributed by atoms with Gasteiger partial charge in [-0.3, -0.25) is 0 Å². The second kappa shape index (κ2) is 9.38. The minimum Gasteiger partial charge on any atom is -0.462 e. The van der Waals surface area contributed by atoms with E-state index in [9.17, 15) is 4.79 Å². The molecule has 0 amide bonds. The van der Waals surface area contributed by atoms with Gasteiger partial charge in [0.25, 0.3) is 0 Å². The van der Waals surface area contributed by atoms with Crippen LogP contribution in [0, 0.1) is 19.8 Å². The molecule has 0 spiro atoms. The summed E-state index contributed by atoms with van der Waals surface area (Å²) in [5.74, 6) is 0.244. The van der Waals surface area contributed by atoms with Crippen molar-refractivity contribution in [2.75, 3.05) is 6.61 Å². The van der Waals surface area contributed by atoms with Crippen molar-refractivity contribution < 1.29 is 9.53 Å². The summed E-state index contributed by atoms with van der Waals surface area (Å²) in [4.78, 5) is 11.8. The summed E-state index contributed by atoms with van der Waals surface area (Å²) < 4.78 is 5.35. The van der Waals surface area contributed by atoms with Gasteiger partial charge in [-0.25, -0.2) is 4.79 Å². The van der Waals surface area contributed by atoms with Crippen molar-refractivity contribution in [2.45, 2.75) is 53.4 Å². The van der Waals surface area contributed by atoms with Gasteiger partial charge in [0.05, 0.1) is 6.61 Å². The van der Waals surface area contributed by atoms with Crippen molar-refractivity contribution in [3.8, 4) is 0 Å². The monoisotopic (exact) mass is 288 g/mol. The normalized spacial score (nSPS) is 12.6. The van der Waals surface area contributed by atoms with Crippen molar-refractivity contribution >= 4 is 12.0 Å². The predicted molar refractivity (Wildman–Crippen MR) is 89.2 cm³/mol. The van der Waals surface area contributed by atoms with Crippen LogP contribution in [0.2, 0.25) is 0 Å². The van der Waals surface area contributed by atoms with E-state index < -0.39 is 0 Å². The third-order valence-electron chi connectivity index (χ3n) is 3.83. The standard InChI is InChI=1S/C19H28O2/c1-5-7-8-17(6-2)14-21-19(20)12-11-18-10-9-15(3)13-16(18)4/h9-13,17H,5-8,14H2,1-4H3. The number of hydrogen-bond donors (Lipinski definition) is 0. The lowest BCUT2D eigenvalue weighted by Crippen LogP contribution is -2.12. The quantitative estimate of drug-likeness (QED) is 0.493. The summed E-state index contributed by atoms with van der Waals surface area (Å²) in [5, 5.41) is 0. The number of unbranched alkanes of at least 4 members (excludes halogenated alkanes) is 1. The summed E-state index contributed by atoms with van der Waals surface area (Å²) >= 11 is 0. The number of esters is 1. The third kappa shape index (κ3) is 6.61. The molecule has 1 atom stereocenters. The Kier molecular flexibility index (Phi) is 7.81. The van der Waals surface area contributed by atoms with E-state index in [1.165, 1.54) is 30.0 Å². The number of carbonyl (C=O) groups is 1. The third-order valence-corrected chi connectivity index (χ3v) is 3.83.